The molecule has 0 aromatic heterocycles. The molecule has 1 aliphatic heterocycles. The van der Waals surface area contributed by atoms with Crippen molar-refractivity contribution in [3.8, 4) is 0 Å². The van der Waals surface area contributed by atoms with E-state index in [0.717, 1.165) is 6.26 Å². The van der Waals surface area contributed by atoms with Crippen molar-refractivity contribution in [2.45, 2.75) is 25.4 Å². The highest BCUT2D eigenvalue weighted by Crippen LogP contribution is 2.12. The van der Waals surface area contributed by atoms with Gasteiger partial charge in [-0.1, -0.05) is 18.2 Å². The van der Waals surface area contributed by atoms with Crippen molar-refractivity contribution in [2.75, 3.05) is 32.9 Å². The number of sulfonamides is 1. The van der Waals surface area contributed by atoms with E-state index in [1.54, 1.807) is 25.2 Å². The van der Waals surface area contributed by atoms with Crippen molar-refractivity contribution < 1.29 is 17.6 Å². The van der Waals surface area contributed by atoms with Crippen LogP contribution in [0.5, 0.6) is 0 Å². The van der Waals surface area contributed by atoms with Crippen LogP contribution >= 0.6 is 0 Å². The van der Waals surface area contributed by atoms with Gasteiger partial charge in [-0.25, -0.2) is 17.5 Å². The van der Waals surface area contributed by atoms with Crippen LogP contribution in [0.1, 0.15) is 18.4 Å². The maximum Gasteiger partial charge on any atom is 0.236 e. The third-order valence-corrected chi connectivity index (χ3v) is 4.88. The largest absolute Gasteiger partial charge is 0.340 e. The summed E-state index contributed by atoms with van der Waals surface area (Å²) in [6.07, 6.45) is 2.51. The van der Waals surface area contributed by atoms with Gasteiger partial charge in [-0.05, 0) is 18.9 Å². The van der Waals surface area contributed by atoms with Gasteiger partial charge < -0.3 is 4.90 Å². The highest BCUT2D eigenvalue weighted by molar-refractivity contribution is 7.88. The Balaban J connectivity index is 1.80. The summed E-state index contributed by atoms with van der Waals surface area (Å²) in [6, 6.07) is 6.35. The van der Waals surface area contributed by atoms with Crippen LogP contribution in [0.25, 0.3) is 0 Å². The normalized spacial score (nSPS) is 17.0. The van der Waals surface area contributed by atoms with Crippen LogP contribution in [0.2, 0.25) is 0 Å². The average Bonchev–Trinajstić information content (AvgIpc) is 2.50. The molecule has 1 aromatic rings. The number of amides is 1. The van der Waals surface area contributed by atoms with E-state index in [0.29, 0.717) is 31.5 Å². The van der Waals surface area contributed by atoms with Gasteiger partial charge >= 0.3 is 0 Å². The SMILES string of the molecule is CN(Cc1ccccc1F)C(=O)CN1CCC(NS(C)(=O)=O)CC1. The van der Waals surface area contributed by atoms with Gasteiger partial charge in [-0.2, -0.15) is 0 Å². The second-order valence-corrected chi connectivity index (χ2v) is 8.06. The number of nitrogens with one attached hydrogen (secondary N) is 1. The first kappa shape index (κ1) is 18.8. The van der Waals surface area contributed by atoms with Crippen molar-refractivity contribution in [3.05, 3.63) is 35.6 Å². The molecule has 1 heterocycles. The summed E-state index contributed by atoms with van der Waals surface area (Å²) < 4.78 is 38.7. The minimum absolute atomic E-state index is 0.0671. The van der Waals surface area contributed by atoms with Crippen molar-refractivity contribution in [2.24, 2.45) is 0 Å². The fourth-order valence-corrected chi connectivity index (χ4v) is 3.64. The number of likely N-dealkylation sites (tertiary alicyclic amines) is 1. The van der Waals surface area contributed by atoms with Gasteiger partial charge in [0.2, 0.25) is 15.9 Å². The Labute approximate surface area is 142 Å². The Hall–Kier alpha value is -1.51. The lowest BCUT2D eigenvalue weighted by Crippen LogP contribution is -2.47. The number of piperidine rings is 1. The molecule has 1 aromatic carbocycles. The second-order valence-electron chi connectivity index (χ2n) is 6.28. The summed E-state index contributed by atoms with van der Waals surface area (Å²) in [6.45, 7) is 1.81. The number of halogens is 1. The molecule has 24 heavy (non-hydrogen) atoms. The minimum atomic E-state index is -3.20. The van der Waals surface area contributed by atoms with Gasteiger partial charge in [0.05, 0.1) is 12.8 Å². The van der Waals surface area contributed by atoms with Crippen LogP contribution in [0.4, 0.5) is 4.39 Å². The lowest BCUT2D eigenvalue weighted by molar-refractivity contribution is -0.132. The number of hydrogen-bond donors (Lipinski definition) is 1. The van der Waals surface area contributed by atoms with E-state index in [-0.39, 0.29) is 30.9 Å². The van der Waals surface area contributed by atoms with E-state index >= 15 is 0 Å². The molecule has 134 valence electrons. The van der Waals surface area contributed by atoms with Gasteiger partial charge in [-0.3, -0.25) is 9.69 Å². The number of likely N-dealkylation sites (N-methyl/N-ethyl adjacent to an activating group) is 1. The number of rotatable bonds is 6. The first-order valence-corrected chi connectivity index (χ1v) is 9.81. The predicted molar refractivity (Wildman–Crippen MR) is 90.3 cm³/mol. The molecular formula is C16H24FN3O3S. The molecule has 0 bridgehead atoms. The molecule has 0 spiro atoms. The van der Waals surface area contributed by atoms with Crippen LogP contribution in [-0.2, 0) is 21.4 Å². The van der Waals surface area contributed by atoms with Crippen LogP contribution in [0.15, 0.2) is 24.3 Å². The zero-order valence-electron chi connectivity index (χ0n) is 14.0. The fourth-order valence-electron chi connectivity index (χ4n) is 2.79. The number of carbonyl (C=O) groups is 1. The summed E-state index contributed by atoms with van der Waals surface area (Å²) in [5.41, 5.74) is 0.490. The predicted octanol–water partition coefficient (Wildman–Crippen LogP) is 0.798. The monoisotopic (exact) mass is 357 g/mol. The molecule has 0 radical (unpaired) electrons. The zero-order chi connectivity index (χ0) is 17.7. The van der Waals surface area contributed by atoms with Crippen molar-refractivity contribution in [1.29, 1.82) is 0 Å². The highest BCUT2D eigenvalue weighted by atomic mass is 32.2. The Morgan fingerprint density at radius 1 is 1.33 bits per heavy atom. The summed E-state index contributed by atoms with van der Waals surface area (Å²) in [5, 5.41) is 0. The van der Waals surface area contributed by atoms with Crippen LogP contribution < -0.4 is 4.72 Å². The third-order valence-electron chi connectivity index (χ3n) is 4.12. The minimum Gasteiger partial charge on any atom is -0.340 e. The summed E-state index contributed by atoms with van der Waals surface area (Å²) in [7, 11) is -1.54. The molecule has 1 saturated heterocycles. The van der Waals surface area contributed by atoms with E-state index in [1.807, 2.05) is 4.90 Å². The van der Waals surface area contributed by atoms with E-state index in [9.17, 15) is 17.6 Å². The molecule has 1 amide bonds. The highest BCUT2D eigenvalue weighted by Gasteiger charge is 2.23. The first-order valence-electron chi connectivity index (χ1n) is 7.91. The molecule has 1 aliphatic rings. The van der Waals surface area contributed by atoms with Crippen LogP contribution in [0, 0.1) is 5.82 Å². The molecule has 2 rings (SSSR count). The first-order chi connectivity index (χ1) is 11.2. The number of hydrogen-bond acceptors (Lipinski definition) is 4. The van der Waals surface area contributed by atoms with Gasteiger partial charge in [0.15, 0.2) is 0 Å². The van der Waals surface area contributed by atoms with Gasteiger partial charge in [0.1, 0.15) is 5.82 Å². The van der Waals surface area contributed by atoms with E-state index < -0.39 is 10.0 Å². The third kappa shape index (κ3) is 5.85. The molecule has 0 unspecified atom stereocenters. The Bertz CT molecular complexity index is 673. The quantitative estimate of drug-likeness (QED) is 0.818. The summed E-state index contributed by atoms with van der Waals surface area (Å²) in [4.78, 5) is 15.8. The van der Waals surface area contributed by atoms with Crippen LogP contribution in [-0.4, -0.2) is 63.1 Å². The smallest absolute Gasteiger partial charge is 0.236 e. The second kappa shape index (κ2) is 8.04. The standard InChI is InChI=1S/C16H24FN3O3S/c1-19(11-13-5-3-4-6-15(13)17)16(21)12-20-9-7-14(8-10-20)18-24(2,22)23/h3-6,14,18H,7-12H2,1-2H3. The van der Waals surface area contributed by atoms with Crippen LogP contribution in [0.3, 0.4) is 0 Å². The summed E-state index contributed by atoms with van der Waals surface area (Å²) >= 11 is 0. The van der Waals surface area contributed by atoms with E-state index in [1.165, 1.54) is 11.0 Å². The van der Waals surface area contributed by atoms with Gasteiger partial charge in [-0.15, -0.1) is 0 Å². The molecule has 1 fully saturated rings. The van der Waals surface area contributed by atoms with Crippen molar-refractivity contribution in [1.82, 2.24) is 14.5 Å². The van der Waals surface area contributed by atoms with Gasteiger partial charge in [0.25, 0.3) is 0 Å². The lowest BCUT2D eigenvalue weighted by Gasteiger charge is -2.32. The topological polar surface area (TPSA) is 69.7 Å². The maximum absolute atomic E-state index is 13.6. The number of nitrogens with zero attached hydrogens (tertiary/aromatic N) is 2. The fraction of sp³-hybridized carbons (Fsp3) is 0.562. The average molecular weight is 357 g/mol. The van der Waals surface area contributed by atoms with Crippen molar-refractivity contribution >= 4 is 15.9 Å². The van der Waals surface area contributed by atoms with E-state index in [2.05, 4.69) is 4.72 Å². The number of carbonyl (C=O) groups excluding carboxylic acids is 1. The molecule has 6 nitrogen and oxygen atoms in total. The molecule has 1 N–H and O–H groups in total. The van der Waals surface area contributed by atoms with Gasteiger partial charge in [0, 0.05) is 38.3 Å². The molecule has 0 aliphatic carbocycles. The molecular weight excluding hydrogens is 333 g/mol. The Kier molecular flexibility index (Phi) is 6.31. The maximum atomic E-state index is 13.6. The molecule has 8 heteroatoms. The Morgan fingerprint density at radius 2 is 1.96 bits per heavy atom. The zero-order valence-corrected chi connectivity index (χ0v) is 14.9. The molecule has 0 saturated carbocycles. The summed E-state index contributed by atoms with van der Waals surface area (Å²) in [5.74, 6) is -0.391. The van der Waals surface area contributed by atoms with Crippen molar-refractivity contribution in [3.63, 3.8) is 0 Å². The lowest BCUT2D eigenvalue weighted by atomic mass is 10.1. The van der Waals surface area contributed by atoms with E-state index in [4.69, 9.17) is 0 Å². The Morgan fingerprint density at radius 3 is 2.54 bits per heavy atom. The number of benzene rings is 1. The molecule has 0 atom stereocenters.